The maximum Gasteiger partial charge on any atom is 0.242 e. The van der Waals surface area contributed by atoms with Gasteiger partial charge in [0.15, 0.2) is 0 Å². The fourth-order valence-electron chi connectivity index (χ4n) is 4.75. The van der Waals surface area contributed by atoms with Gasteiger partial charge in [-0.15, -0.1) is 0 Å². The molecule has 37 heavy (non-hydrogen) atoms. The number of hydrogen-bond donors (Lipinski definition) is 1. The van der Waals surface area contributed by atoms with Crippen LogP contribution >= 0.6 is 0 Å². The molecule has 2 aromatic carbocycles. The number of benzene rings is 2. The molecule has 9 heteroatoms. The maximum atomic E-state index is 13.4. The van der Waals surface area contributed by atoms with Gasteiger partial charge in [-0.25, -0.2) is 8.42 Å². The van der Waals surface area contributed by atoms with E-state index in [0.717, 1.165) is 43.1 Å². The van der Waals surface area contributed by atoms with Crippen LogP contribution in [0.2, 0.25) is 0 Å². The second-order valence-electron chi connectivity index (χ2n) is 9.82. The number of anilines is 1. The number of methoxy groups -OCH3 is 1. The highest BCUT2D eigenvalue weighted by atomic mass is 32.2. The van der Waals surface area contributed by atoms with Crippen molar-refractivity contribution < 1.29 is 22.7 Å². The number of rotatable bonds is 12. The minimum atomic E-state index is -3.57. The largest absolute Gasteiger partial charge is 0.497 e. The molecule has 0 aromatic heterocycles. The van der Waals surface area contributed by atoms with Crippen LogP contribution in [0.4, 0.5) is 5.69 Å². The van der Waals surface area contributed by atoms with Gasteiger partial charge in [0, 0.05) is 31.6 Å². The number of hydrogen-bond acceptors (Lipinski definition) is 5. The summed E-state index contributed by atoms with van der Waals surface area (Å²) < 4.78 is 31.5. The molecule has 2 aromatic rings. The first-order valence-electron chi connectivity index (χ1n) is 12.9. The first kappa shape index (κ1) is 28.5. The van der Waals surface area contributed by atoms with E-state index in [1.807, 2.05) is 31.2 Å². The second-order valence-corrected chi connectivity index (χ2v) is 11.7. The van der Waals surface area contributed by atoms with E-state index in [1.54, 1.807) is 36.1 Å². The molecular weight excluding hydrogens is 490 g/mol. The SMILES string of the molecule is COc1cccc(N(CCCC(=O)N(Cc2cccc(C)c2)[C@H](C)C(=O)NC2CCCC2)S(C)(=O)=O)c1. The van der Waals surface area contributed by atoms with E-state index in [4.69, 9.17) is 4.74 Å². The predicted octanol–water partition coefficient (Wildman–Crippen LogP) is 4.03. The molecule has 0 heterocycles. The zero-order valence-electron chi connectivity index (χ0n) is 22.3. The zero-order chi connectivity index (χ0) is 27.0. The Balaban J connectivity index is 1.72. The molecule has 0 spiro atoms. The Labute approximate surface area is 221 Å². The van der Waals surface area contributed by atoms with Crippen molar-refractivity contribution in [3.8, 4) is 5.75 Å². The summed E-state index contributed by atoms with van der Waals surface area (Å²) in [6.45, 7) is 4.20. The Morgan fingerprint density at radius 2 is 1.81 bits per heavy atom. The highest BCUT2D eigenvalue weighted by Crippen LogP contribution is 2.24. The van der Waals surface area contributed by atoms with Crippen molar-refractivity contribution in [1.82, 2.24) is 10.2 Å². The molecule has 0 bridgehead atoms. The lowest BCUT2D eigenvalue weighted by Gasteiger charge is -2.30. The Hall–Kier alpha value is -3.07. The molecule has 0 aliphatic heterocycles. The van der Waals surface area contributed by atoms with Gasteiger partial charge in [-0.1, -0.05) is 48.7 Å². The number of nitrogens with zero attached hydrogens (tertiary/aromatic N) is 2. The third-order valence-corrected chi connectivity index (χ3v) is 7.99. The van der Waals surface area contributed by atoms with Crippen LogP contribution in [0, 0.1) is 6.92 Å². The van der Waals surface area contributed by atoms with E-state index < -0.39 is 16.1 Å². The van der Waals surface area contributed by atoms with Crippen LogP contribution in [0.1, 0.15) is 56.6 Å². The van der Waals surface area contributed by atoms with Gasteiger partial charge in [-0.2, -0.15) is 0 Å². The van der Waals surface area contributed by atoms with Crippen molar-refractivity contribution >= 4 is 27.5 Å². The summed E-state index contributed by atoms with van der Waals surface area (Å²) in [5, 5.41) is 3.11. The van der Waals surface area contributed by atoms with Crippen LogP contribution in [0.3, 0.4) is 0 Å². The second kappa shape index (κ2) is 12.9. The van der Waals surface area contributed by atoms with Crippen LogP contribution in [0.15, 0.2) is 48.5 Å². The van der Waals surface area contributed by atoms with Gasteiger partial charge in [0.05, 0.1) is 19.1 Å². The van der Waals surface area contributed by atoms with Crippen molar-refractivity contribution in [3.63, 3.8) is 0 Å². The molecule has 1 saturated carbocycles. The Morgan fingerprint density at radius 3 is 2.46 bits per heavy atom. The number of sulfonamides is 1. The summed E-state index contributed by atoms with van der Waals surface area (Å²) in [5.41, 5.74) is 2.51. The third kappa shape index (κ3) is 8.21. The van der Waals surface area contributed by atoms with Crippen molar-refractivity contribution in [3.05, 3.63) is 59.7 Å². The average molecular weight is 530 g/mol. The molecule has 0 saturated heterocycles. The van der Waals surface area contributed by atoms with Gasteiger partial charge >= 0.3 is 0 Å². The number of carbonyl (C=O) groups is 2. The first-order valence-corrected chi connectivity index (χ1v) is 14.7. The predicted molar refractivity (Wildman–Crippen MR) is 146 cm³/mol. The number of amides is 2. The van der Waals surface area contributed by atoms with E-state index in [-0.39, 0.29) is 30.8 Å². The molecule has 1 atom stereocenters. The van der Waals surface area contributed by atoms with Gasteiger partial charge < -0.3 is 15.0 Å². The normalized spacial score (nSPS) is 14.7. The van der Waals surface area contributed by atoms with Crippen LogP contribution < -0.4 is 14.4 Å². The van der Waals surface area contributed by atoms with E-state index in [0.29, 0.717) is 24.4 Å². The Bertz CT molecular complexity index is 1180. The molecule has 202 valence electrons. The molecule has 0 unspecified atom stereocenters. The topological polar surface area (TPSA) is 96.0 Å². The van der Waals surface area contributed by atoms with E-state index in [9.17, 15) is 18.0 Å². The average Bonchev–Trinajstić information content (AvgIpc) is 3.37. The van der Waals surface area contributed by atoms with Crippen LogP contribution in [0.25, 0.3) is 0 Å². The van der Waals surface area contributed by atoms with Crippen molar-refractivity contribution in [2.75, 3.05) is 24.2 Å². The highest BCUT2D eigenvalue weighted by molar-refractivity contribution is 7.92. The minimum Gasteiger partial charge on any atom is -0.497 e. The summed E-state index contributed by atoms with van der Waals surface area (Å²) >= 11 is 0. The van der Waals surface area contributed by atoms with E-state index >= 15 is 0 Å². The standard InChI is InChI=1S/C28H39N3O5S/c1-21-10-7-11-23(18-21)20-30(22(2)28(33)29-24-12-5-6-13-24)27(32)16-9-17-31(37(4,34)35)25-14-8-15-26(19-25)36-3/h7-8,10-11,14-15,18-19,22,24H,5-6,9,12-13,16-17,20H2,1-4H3,(H,29,33)/t22-/m1/s1. The number of carbonyl (C=O) groups excluding carboxylic acids is 2. The molecular formula is C28H39N3O5S. The molecule has 8 nitrogen and oxygen atoms in total. The third-order valence-electron chi connectivity index (χ3n) is 6.80. The summed E-state index contributed by atoms with van der Waals surface area (Å²) in [6, 6.07) is 14.2. The van der Waals surface area contributed by atoms with Crippen molar-refractivity contribution in [1.29, 1.82) is 0 Å². The Morgan fingerprint density at radius 1 is 1.11 bits per heavy atom. The van der Waals surface area contributed by atoms with Crippen molar-refractivity contribution in [2.24, 2.45) is 0 Å². The number of aryl methyl sites for hydroxylation is 1. The summed E-state index contributed by atoms with van der Waals surface area (Å²) in [4.78, 5) is 28.1. The molecule has 3 rings (SSSR count). The number of nitrogens with one attached hydrogen (secondary N) is 1. The van der Waals surface area contributed by atoms with Gasteiger partial charge in [-0.3, -0.25) is 13.9 Å². The monoisotopic (exact) mass is 529 g/mol. The first-order chi connectivity index (χ1) is 17.6. The van der Waals surface area contributed by atoms with Gasteiger partial charge in [-0.05, 0) is 50.8 Å². The summed E-state index contributed by atoms with van der Waals surface area (Å²) in [5.74, 6) is 0.213. The molecule has 2 amide bonds. The summed E-state index contributed by atoms with van der Waals surface area (Å²) in [6.07, 6.45) is 5.72. The summed E-state index contributed by atoms with van der Waals surface area (Å²) in [7, 11) is -2.05. The molecule has 0 radical (unpaired) electrons. The number of ether oxygens (including phenoxy) is 1. The lowest BCUT2D eigenvalue weighted by Crippen LogP contribution is -2.49. The van der Waals surface area contributed by atoms with Gasteiger partial charge in [0.1, 0.15) is 11.8 Å². The van der Waals surface area contributed by atoms with Crippen molar-refractivity contribution in [2.45, 2.75) is 71.0 Å². The van der Waals surface area contributed by atoms with E-state index in [1.165, 1.54) is 11.4 Å². The van der Waals surface area contributed by atoms with E-state index in [2.05, 4.69) is 5.32 Å². The van der Waals surface area contributed by atoms with Gasteiger partial charge in [0.25, 0.3) is 0 Å². The van der Waals surface area contributed by atoms with Crippen LogP contribution in [0.5, 0.6) is 5.75 Å². The quantitative estimate of drug-likeness (QED) is 0.448. The van der Waals surface area contributed by atoms with Gasteiger partial charge in [0.2, 0.25) is 21.8 Å². The smallest absolute Gasteiger partial charge is 0.242 e. The lowest BCUT2D eigenvalue weighted by molar-refractivity contribution is -0.141. The lowest BCUT2D eigenvalue weighted by atomic mass is 10.1. The fraction of sp³-hybridized carbons (Fsp3) is 0.500. The molecule has 1 aliphatic carbocycles. The molecule has 1 aliphatic rings. The highest BCUT2D eigenvalue weighted by Gasteiger charge is 2.28. The zero-order valence-corrected chi connectivity index (χ0v) is 23.1. The van der Waals surface area contributed by atoms with Crippen LogP contribution in [-0.2, 0) is 26.2 Å². The van der Waals surface area contributed by atoms with Crippen LogP contribution in [-0.4, -0.2) is 57.1 Å². The molecule has 1 N–H and O–H groups in total. The Kier molecular flexibility index (Phi) is 9.97. The molecule has 1 fully saturated rings. The maximum absolute atomic E-state index is 13.4. The fourth-order valence-corrected chi connectivity index (χ4v) is 5.71. The minimum absolute atomic E-state index is 0.114.